The molecule has 1 aliphatic heterocycles. The maximum atomic E-state index is 5.42. The Kier molecular flexibility index (Phi) is 2.26. The Morgan fingerprint density at radius 1 is 1.38 bits per heavy atom. The molecule has 0 unspecified atom stereocenters. The minimum atomic E-state index is -0.0197. The summed E-state index contributed by atoms with van der Waals surface area (Å²) in [6, 6.07) is 8.48. The van der Waals surface area contributed by atoms with Crippen molar-refractivity contribution in [1.29, 1.82) is 0 Å². The van der Waals surface area contributed by atoms with E-state index in [1.807, 2.05) is 13.1 Å². The van der Waals surface area contributed by atoms with Gasteiger partial charge in [-0.15, -0.1) is 0 Å². The molecule has 1 N–H and O–H groups in total. The summed E-state index contributed by atoms with van der Waals surface area (Å²) in [7, 11) is 2.05. The quantitative estimate of drug-likeness (QED) is 0.812. The van der Waals surface area contributed by atoms with E-state index in [9.17, 15) is 0 Å². The number of hydrogen-bond donors (Lipinski definition) is 1. The Hall–Kier alpha value is -1.26. The van der Waals surface area contributed by atoms with E-state index in [1.54, 1.807) is 0 Å². The van der Waals surface area contributed by atoms with Crippen LogP contribution in [-0.2, 0) is 11.9 Å². The van der Waals surface area contributed by atoms with Gasteiger partial charge in [0.2, 0.25) is 0 Å². The third-order valence-electron chi connectivity index (χ3n) is 2.82. The van der Waals surface area contributed by atoms with Crippen LogP contribution in [0.3, 0.4) is 0 Å². The average molecular weight is 279 g/mol. The molecule has 0 aliphatic carbocycles. The lowest BCUT2D eigenvalue weighted by molar-refractivity contribution is 0.0458. The maximum Gasteiger partial charge on any atom is 0.131 e. The maximum absolute atomic E-state index is 5.42. The lowest BCUT2D eigenvalue weighted by Gasteiger charge is -2.08. The first-order chi connectivity index (χ1) is 7.74. The van der Waals surface area contributed by atoms with Crippen molar-refractivity contribution in [3.05, 3.63) is 46.7 Å². The highest BCUT2D eigenvalue weighted by atomic mass is 79.9. The van der Waals surface area contributed by atoms with Crippen LogP contribution in [-0.4, -0.2) is 4.57 Å². The highest BCUT2D eigenvalue weighted by Gasteiger charge is 2.17. The Balaban J connectivity index is 2.08. The largest absolute Gasteiger partial charge is 0.351 e. The van der Waals surface area contributed by atoms with E-state index in [0.717, 1.165) is 10.2 Å². The van der Waals surface area contributed by atoms with E-state index in [2.05, 4.69) is 56.4 Å². The van der Waals surface area contributed by atoms with Crippen molar-refractivity contribution in [2.75, 3.05) is 0 Å². The number of nitrogens with zero attached hydrogens (tertiary/aromatic N) is 1. The molecule has 4 heteroatoms. The van der Waals surface area contributed by atoms with E-state index in [1.165, 1.54) is 10.9 Å². The molecule has 2 heterocycles. The number of aryl methyl sites for hydroxylation is 1. The Morgan fingerprint density at radius 3 is 3.00 bits per heavy atom. The molecular weight excluding hydrogens is 268 g/mol. The summed E-state index contributed by atoms with van der Waals surface area (Å²) in [5.74, 6) is 0. The lowest BCUT2D eigenvalue weighted by Crippen LogP contribution is -2.05. The number of halogens is 1. The minimum absolute atomic E-state index is 0.0197. The Morgan fingerprint density at radius 2 is 2.25 bits per heavy atom. The first kappa shape index (κ1) is 9.93. The van der Waals surface area contributed by atoms with Crippen molar-refractivity contribution in [3.8, 4) is 0 Å². The average Bonchev–Trinajstić information content (AvgIpc) is 2.86. The van der Waals surface area contributed by atoms with Crippen molar-refractivity contribution >= 4 is 26.8 Å². The van der Waals surface area contributed by atoms with Crippen LogP contribution in [0, 0.1) is 0 Å². The Bertz CT molecular complexity index is 573. The van der Waals surface area contributed by atoms with Crippen LogP contribution in [0.5, 0.6) is 0 Å². The number of nitrogens with one attached hydrogen (secondary N) is 1. The zero-order chi connectivity index (χ0) is 11.1. The lowest BCUT2D eigenvalue weighted by atomic mass is 10.1. The number of hydrogen-bond acceptors (Lipinski definition) is 2. The normalized spacial score (nSPS) is 19.9. The van der Waals surface area contributed by atoms with Crippen molar-refractivity contribution < 1.29 is 4.84 Å². The van der Waals surface area contributed by atoms with Crippen LogP contribution in [0.1, 0.15) is 11.7 Å². The number of benzene rings is 1. The SMILES string of the molecule is Cn1ccc2ccc([C@H]3C=C(Br)NO3)cc21. The first-order valence-electron chi connectivity index (χ1n) is 5.08. The fourth-order valence-electron chi connectivity index (χ4n) is 1.94. The van der Waals surface area contributed by atoms with Crippen LogP contribution in [0.4, 0.5) is 0 Å². The molecule has 0 saturated heterocycles. The van der Waals surface area contributed by atoms with Crippen LogP contribution < -0.4 is 5.48 Å². The summed E-state index contributed by atoms with van der Waals surface area (Å²) in [5, 5.41) is 1.25. The molecule has 1 aromatic carbocycles. The van der Waals surface area contributed by atoms with Gasteiger partial charge in [-0.2, -0.15) is 0 Å². The smallest absolute Gasteiger partial charge is 0.131 e. The first-order valence-corrected chi connectivity index (χ1v) is 5.87. The van der Waals surface area contributed by atoms with E-state index >= 15 is 0 Å². The highest BCUT2D eigenvalue weighted by molar-refractivity contribution is 9.11. The van der Waals surface area contributed by atoms with Gasteiger partial charge in [-0.25, -0.2) is 0 Å². The summed E-state index contributed by atoms with van der Waals surface area (Å²) >= 11 is 3.35. The van der Waals surface area contributed by atoms with Crippen LogP contribution in [0.25, 0.3) is 10.9 Å². The fraction of sp³-hybridized carbons (Fsp3) is 0.167. The van der Waals surface area contributed by atoms with Gasteiger partial charge < -0.3 is 4.57 Å². The summed E-state index contributed by atoms with van der Waals surface area (Å²) in [4.78, 5) is 5.42. The molecule has 0 spiro atoms. The van der Waals surface area contributed by atoms with Gasteiger partial charge in [-0.05, 0) is 45.1 Å². The second-order valence-electron chi connectivity index (χ2n) is 3.90. The van der Waals surface area contributed by atoms with Crippen molar-refractivity contribution in [2.45, 2.75) is 6.10 Å². The number of hydroxylamine groups is 1. The summed E-state index contributed by atoms with van der Waals surface area (Å²) in [5.41, 5.74) is 5.16. The third kappa shape index (κ3) is 1.54. The van der Waals surface area contributed by atoms with Gasteiger partial charge in [0.1, 0.15) is 10.7 Å². The molecule has 0 fully saturated rings. The molecule has 0 saturated carbocycles. The molecule has 16 heavy (non-hydrogen) atoms. The van der Waals surface area contributed by atoms with E-state index < -0.39 is 0 Å². The van der Waals surface area contributed by atoms with Crippen molar-refractivity contribution in [3.63, 3.8) is 0 Å². The second kappa shape index (κ2) is 3.64. The van der Waals surface area contributed by atoms with Gasteiger partial charge in [-0.3, -0.25) is 10.3 Å². The molecule has 0 radical (unpaired) electrons. The van der Waals surface area contributed by atoms with E-state index in [0.29, 0.717) is 0 Å². The number of fused-ring (bicyclic) bond motifs is 1. The molecule has 1 aromatic heterocycles. The summed E-state index contributed by atoms with van der Waals surface area (Å²) < 4.78 is 2.99. The van der Waals surface area contributed by atoms with Gasteiger partial charge in [-0.1, -0.05) is 12.1 Å². The zero-order valence-corrected chi connectivity index (χ0v) is 10.4. The van der Waals surface area contributed by atoms with E-state index in [4.69, 9.17) is 4.84 Å². The predicted octanol–water partition coefficient (Wildman–Crippen LogP) is 2.99. The molecule has 1 atom stereocenters. The van der Waals surface area contributed by atoms with Gasteiger partial charge >= 0.3 is 0 Å². The van der Waals surface area contributed by atoms with E-state index in [-0.39, 0.29) is 6.10 Å². The molecule has 3 nitrogen and oxygen atoms in total. The van der Waals surface area contributed by atoms with Crippen LogP contribution in [0.2, 0.25) is 0 Å². The highest BCUT2D eigenvalue weighted by Crippen LogP contribution is 2.28. The molecule has 0 amide bonds. The predicted molar refractivity (Wildman–Crippen MR) is 66.9 cm³/mol. The van der Waals surface area contributed by atoms with Crippen LogP contribution >= 0.6 is 15.9 Å². The molecule has 1 aliphatic rings. The molecule has 3 rings (SSSR count). The van der Waals surface area contributed by atoms with Gasteiger partial charge in [0.15, 0.2) is 0 Å². The zero-order valence-electron chi connectivity index (χ0n) is 8.77. The van der Waals surface area contributed by atoms with Gasteiger partial charge in [0, 0.05) is 18.8 Å². The number of aromatic nitrogens is 1. The third-order valence-corrected chi connectivity index (χ3v) is 3.25. The van der Waals surface area contributed by atoms with Gasteiger partial charge in [0.05, 0.1) is 0 Å². The topological polar surface area (TPSA) is 26.2 Å². The number of rotatable bonds is 1. The summed E-state index contributed by atoms with van der Waals surface area (Å²) in [6.45, 7) is 0. The monoisotopic (exact) mass is 278 g/mol. The molecular formula is C12H11BrN2O. The Labute approximate surface area is 102 Å². The fourth-order valence-corrected chi connectivity index (χ4v) is 2.27. The minimum Gasteiger partial charge on any atom is -0.351 e. The van der Waals surface area contributed by atoms with Crippen LogP contribution in [0.15, 0.2) is 41.1 Å². The summed E-state index contributed by atoms with van der Waals surface area (Å²) in [6.07, 6.45) is 4.05. The van der Waals surface area contributed by atoms with Crippen molar-refractivity contribution in [2.24, 2.45) is 7.05 Å². The van der Waals surface area contributed by atoms with Crippen molar-refractivity contribution in [1.82, 2.24) is 10.0 Å². The molecule has 2 aromatic rings. The van der Waals surface area contributed by atoms with Gasteiger partial charge in [0.25, 0.3) is 0 Å². The molecule has 0 bridgehead atoms. The molecule has 82 valence electrons. The standard InChI is InChI=1S/C12H11BrN2O/c1-15-5-4-8-2-3-9(6-10(8)15)11-7-12(13)14-16-11/h2-7,11,14H,1H3/t11-/m1/s1. The second-order valence-corrected chi connectivity index (χ2v) is 4.75.